The normalized spacial score (nSPS) is 17.8. The Morgan fingerprint density at radius 3 is 2.21 bits per heavy atom. The van der Waals surface area contributed by atoms with E-state index in [1.54, 1.807) is 6.07 Å². The Bertz CT molecular complexity index is 1230. The number of rotatable bonds is 6. The molecule has 2 heterocycles. The number of carboxylic acids is 2. The average Bonchev–Trinajstić information content (AvgIpc) is 2.85. The number of amides is 1. The number of carboxylic acid groups (broad SMARTS) is 2. The van der Waals surface area contributed by atoms with Crippen molar-refractivity contribution in [2.75, 3.05) is 25.0 Å². The van der Waals surface area contributed by atoms with Crippen LogP contribution in [0.3, 0.4) is 0 Å². The van der Waals surface area contributed by atoms with Crippen molar-refractivity contribution in [2.24, 2.45) is 0 Å². The first-order valence-electron chi connectivity index (χ1n) is 11.5. The number of piperidine rings is 1. The van der Waals surface area contributed by atoms with E-state index in [4.69, 9.17) is 10.2 Å². The Labute approximate surface area is 236 Å². The third-order valence-electron chi connectivity index (χ3n) is 6.06. The van der Waals surface area contributed by atoms with Crippen LogP contribution in [0.25, 0.3) is 0 Å². The first-order chi connectivity index (χ1) is 17.9. The molecule has 0 unspecified atom stereocenters. The Morgan fingerprint density at radius 1 is 1.03 bits per heavy atom. The molecule has 2 aromatic rings. The molecular weight excluding hydrogens is 634 g/mol. The lowest BCUT2D eigenvalue weighted by atomic mass is 9.81. The Morgan fingerprint density at radius 2 is 1.67 bits per heavy atom. The van der Waals surface area contributed by atoms with Crippen LogP contribution in [-0.4, -0.2) is 69.3 Å². The molecule has 2 saturated heterocycles. The van der Waals surface area contributed by atoms with Crippen molar-refractivity contribution in [3.63, 3.8) is 0 Å². The van der Waals surface area contributed by atoms with E-state index in [9.17, 15) is 32.7 Å². The second-order valence-electron chi connectivity index (χ2n) is 8.81. The molecule has 0 aliphatic carbocycles. The number of hydrogen-bond donors (Lipinski definition) is 5. The van der Waals surface area contributed by atoms with Crippen LogP contribution in [0.5, 0.6) is 0 Å². The van der Waals surface area contributed by atoms with E-state index in [0.717, 1.165) is 31.9 Å². The highest BCUT2D eigenvalue weighted by molar-refractivity contribution is 14.1. The minimum absolute atomic E-state index is 0. The van der Waals surface area contributed by atoms with E-state index in [0.29, 0.717) is 15.7 Å². The number of likely N-dealkylation sites (tertiary alicyclic amines) is 1. The Hall–Kier alpha value is -3.17. The fraction of sp³-hybridized carbons (Fsp3) is 0.346. The number of anilines is 2. The Balaban J connectivity index is 0.000000519. The highest BCUT2D eigenvalue weighted by atomic mass is 127. The summed E-state index contributed by atoms with van der Waals surface area (Å²) in [5, 5.41) is 32.2. The predicted molar refractivity (Wildman–Crippen MR) is 146 cm³/mol. The van der Waals surface area contributed by atoms with Gasteiger partial charge in [0, 0.05) is 21.8 Å². The summed E-state index contributed by atoms with van der Waals surface area (Å²) in [5.41, 5.74) is -1.65. The van der Waals surface area contributed by atoms with Gasteiger partial charge >= 0.3 is 11.9 Å². The lowest BCUT2D eigenvalue weighted by molar-refractivity contribution is -0.134. The Kier molecular flexibility index (Phi) is 11.3. The van der Waals surface area contributed by atoms with E-state index < -0.39 is 46.6 Å². The second-order valence-corrected chi connectivity index (χ2v) is 10.1. The maximum absolute atomic E-state index is 14.6. The lowest BCUT2D eigenvalue weighted by Gasteiger charge is -2.51. The lowest BCUT2D eigenvalue weighted by Crippen LogP contribution is -2.72. The number of nitrogens with one attached hydrogen (secondary N) is 2. The average molecular weight is 663 g/mol. The number of halogens is 4. The summed E-state index contributed by atoms with van der Waals surface area (Å²) in [6.07, 6.45) is 3.99. The van der Waals surface area contributed by atoms with Gasteiger partial charge in [0.1, 0.15) is 11.4 Å². The van der Waals surface area contributed by atoms with Crippen molar-refractivity contribution in [3.05, 3.63) is 69.1 Å². The summed E-state index contributed by atoms with van der Waals surface area (Å²) >= 11 is 1.93. The minimum Gasteiger partial charge on any atom is -0.478 e. The molecule has 9 nitrogen and oxygen atoms in total. The summed E-state index contributed by atoms with van der Waals surface area (Å²) in [6, 6.07) is 6.19. The maximum Gasteiger partial charge on any atom is 0.328 e. The van der Waals surface area contributed by atoms with Gasteiger partial charge in [0.15, 0.2) is 11.6 Å². The molecule has 13 heteroatoms. The SMILES string of the molecule is C.O=C(O)/C=C/C(=O)O.O=C(c1ccc(F)c(F)c1Nc1ccc(I)cc1F)N1CC(O)([C@@H]2CCCCN2)C1. The van der Waals surface area contributed by atoms with Crippen LogP contribution in [0.1, 0.15) is 37.0 Å². The highest BCUT2D eigenvalue weighted by Gasteiger charge is 2.49. The van der Waals surface area contributed by atoms with E-state index >= 15 is 0 Å². The van der Waals surface area contributed by atoms with Gasteiger partial charge in [0.05, 0.1) is 30.0 Å². The van der Waals surface area contributed by atoms with Crippen LogP contribution in [-0.2, 0) is 9.59 Å². The molecule has 5 N–H and O–H groups in total. The van der Waals surface area contributed by atoms with Crippen LogP contribution < -0.4 is 10.6 Å². The van der Waals surface area contributed by atoms with Gasteiger partial charge in [0.2, 0.25) is 0 Å². The molecule has 0 radical (unpaired) electrons. The predicted octanol–water partition coefficient (Wildman–Crippen LogP) is 4.13. The van der Waals surface area contributed by atoms with Gasteiger partial charge in [-0.15, -0.1) is 0 Å². The number of aliphatic carboxylic acids is 2. The summed E-state index contributed by atoms with van der Waals surface area (Å²) in [5.74, 6) is -6.12. The third-order valence-corrected chi connectivity index (χ3v) is 6.73. The molecule has 2 aromatic carbocycles. The molecule has 0 bridgehead atoms. The van der Waals surface area contributed by atoms with E-state index in [1.807, 2.05) is 22.6 Å². The number of hydrogen-bond acceptors (Lipinski definition) is 6. The van der Waals surface area contributed by atoms with E-state index in [-0.39, 0.29) is 37.8 Å². The van der Waals surface area contributed by atoms with Gasteiger partial charge in [-0.3, -0.25) is 4.79 Å². The number of carbonyl (C=O) groups excluding carboxylic acids is 1. The quantitative estimate of drug-likeness (QED) is 0.230. The molecule has 0 spiro atoms. The number of nitrogens with zero attached hydrogens (tertiary/aromatic N) is 1. The highest BCUT2D eigenvalue weighted by Crippen LogP contribution is 2.34. The zero-order chi connectivity index (χ0) is 28.0. The van der Waals surface area contributed by atoms with Crippen molar-refractivity contribution < 1.29 is 42.9 Å². The molecule has 2 aliphatic heterocycles. The summed E-state index contributed by atoms with van der Waals surface area (Å²) in [4.78, 5) is 33.5. The van der Waals surface area contributed by atoms with Crippen LogP contribution >= 0.6 is 22.6 Å². The topological polar surface area (TPSA) is 139 Å². The molecule has 1 atom stereocenters. The summed E-state index contributed by atoms with van der Waals surface area (Å²) in [7, 11) is 0. The molecule has 2 aliphatic rings. The first-order valence-corrected chi connectivity index (χ1v) is 12.6. The summed E-state index contributed by atoms with van der Waals surface area (Å²) in [6.45, 7) is 1.01. The zero-order valence-electron chi connectivity index (χ0n) is 19.9. The fourth-order valence-electron chi connectivity index (χ4n) is 4.18. The molecule has 39 heavy (non-hydrogen) atoms. The zero-order valence-corrected chi connectivity index (χ0v) is 22.0. The molecule has 0 aromatic heterocycles. The first kappa shape index (κ1) is 32.0. The third kappa shape index (κ3) is 8.16. The maximum atomic E-state index is 14.6. The van der Waals surface area contributed by atoms with E-state index in [2.05, 4.69) is 10.6 Å². The standard InChI is InChI=1S/C21H21F3IN3O2.C4H4O4.CH4/c22-14-6-5-13(19(18(14)24)27-16-7-4-12(25)9-15(16)23)20(29)28-10-21(30,11-28)17-3-1-2-8-26-17;5-3(6)1-2-4(7)8;/h4-7,9,17,26-27,30H,1-3,8,10-11H2;1-2H,(H,5,6)(H,7,8);1H4/b;2-1+;/t17-;;/m0../s1. The van der Waals surface area contributed by atoms with Gasteiger partial charge in [-0.1, -0.05) is 13.8 Å². The van der Waals surface area contributed by atoms with Crippen molar-refractivity contribution in [1.29, 1.82) is 0 Å². The number of aliphatic hydroxyl groups is 1. The van der Waals surface area contributed by atoms with Gasteiger partial charge in [-0.2, -0.15) is 0 Å². The molecule has 4 rings (SSSR count). The summed E-state index contributed by atoms with van der Waals surface area (Å²) < 4.78 is 43.3. The van der Waals surface area contributed by atoms with Gasteiger partial charge in [0.25, 0.3) is 5.91 Å². The molecule has 1 amide bonds. The number of carbonyl (C=O) groups is 3. The second kappa shape index (κ2) is 13.8. The largest absolute Gasteiger partial charge is 0.478 e. The van der Waals surface area contributed by atoms with Crippen LogP contribution in [0.4, 0.5) is 24.5 Å². The van der Waals surface area contributed by atoms with E-state index in [1.165, 1.54) is 23.1 Å². The van der Waals surface area contributed by atoms with Crippen molar-refractivity contribution in [2.45, 2.75) is 38.3 Å². The molecule has 2 fully saturated rings. The van der Waals surface area contributed by atoms with Crippen molar-refractivity contribution >= 4 is 51.8 Å². The molecule has 212 valence electrons. The van der Waals surface area contributed by atoms with Crippen molar-refractivity contribution in [3.8, 4) is 0 Å². The van der Waals surface area contributed by atoms with Crippen LogP contribution in [0.15, 0.2) is 42.5 Å². The van der Waals surface area contributed by atoms with Gasteiger partial charge < -0.3 is 30.9 Å². The smallest absolute Gasteiger partial charge is 0.328 e. The van der Waals surface area contributed by atoms with Gasteiger partial charge in [-0.05, 0) is 72.3 Å². The van der Waals surface area contributed by atoms with Crippen LogP contribution in [0.2, 0.25) is 0 Å². The van der Waals surface area contributed by atoms with Crippen LogP contribution in [0, 0.1) is 21.0 Å². The fourth-order valence-corrected chi connectivity index (χ4v) is 4.63. The van der Waals surface area contributed by atoms with Crippen molar-refractivity contribution in [1.82, 2.24) is 10.2 Å². The van der Waals surface area contributed by atoms with Gasteiger partial charge in [-0.25, -0.2) is 22.8 Å². The molecule has 0 saturated carbocycles. The monoisotopic (exact) mass is 663 g/mol. The number of benzene rings is 2. The minimum atomic E-state index is -1.26. The molecular formula is C26H29F3IN3O6. The number of β-amino-alcohol motifs (C(OH)–C–C–N with tert-alkyl or cyclic N) is 1.